The predicted molar refractivity (Wildman–Crippen MR) is 56.9 cm³/mol. The van der Waals surface area contributed by atoms with Crippen LogP contribution in [0.15, 0.2) is 35.7 Å². The average Bonchev–Trinajstić information content (AvgIpc) is 2.14. The van der Waals surface area contributed by atoms with Crippen LogP contribution in [0.5, 0.6) is 0 Å². The first-order valence-electron chi connectivity index (χ1n) is 3.95. The molecule has 0 bridgehead atoms. The van der Waals surface area contributed by atoms with Crippen LogP contribution in [-0.2, 0) is 20.4 Å². The molecule has 0 amide bonds. The highest BCUT2D eigenvalue weighted by molar-refractivity contribution is 8.02. The molecule has 1 N–H and O–H groups in total. The van der Waals surface area contributed by atoms with E-state index in [4.69, 9.17) is 0 Å². The zero-order valence-electron chi connectivity index (χ0n) is 7.92. The van der Waals surface area contributed by atoms with E-state index in [1.807, 2.05) is 0 Å². The summed E-state index contributed by atoms with van der Waals surface area (Å²) in [5.74, 6) is 0. The Morgan fingerprint density at radius 2 is 1.88 bits per heavy atom. The van der Waals surface area contributed by atoms with Crippen LogP contribution < -0.4 is 4.13 Å². The van der Waals surface area contributed by atoms with Gasteiger partial charge in [-0.15, -0.1) is 0 Å². The van der Waals surface area contributed by atoms with E-state index in [-0.39, 0.29) is 4.90 Å². The second-order valence-corrected chi connectivity index (χ2v) is 5.82. The van der Waals surface area contributed by atoms with E-state index in [9.17, 15) is 20.7 Å². The molecule has 8 heteroatoms. The van der Waals surface area contributed by atoms with Gasteiger partial charge in [0.2, 0.25) is 0 Å². The number of rotatable bonds is 4. The zero-order chi connectivity index (χ0) is 12.4. The molecule has 1 aromatic carbocycles. The molecule has 5 nitrogen and oxygen atoms in total. The normalized spacial score (nSPS) is 12.3. The minimum Gasteiger partial charge on any atom is -0.206 e. The van der Waals surface area contributed by atoms with Crippen LogP contribution in [0.25, 0.3) is 6.08 Å². The Bertz CT molecular complexity index is 607. The fourth-order valence-corrected chi connectivity index (χ4v) is 2.97. The molecule has 16 heavy (non-hydrogen) atoms. The third-order valence-electron chi connectivity index (χ3n) is 1.61. The molecule has 0 radical (unpaired) electrons. The number of hydrogen-bond donors (Lipinski definition) is 1. The minimum atomic E-state index is -5.31. The van der Waals surface area contributed by atoms with Gasteiger partial charge < -0.3 is 0 Å². The van der Waals surface area contributed by atoms with Crippen molar-refractivity contribution in [2.45, 2.75) is 4.90 Å². The topological polar surface area (TPSA) is 80.3 Å². The Morgan fingerprint density at radius 1 is 1.25 bits per heavy atom. The lowest BCUT2D eigenvalue weighted by molar-refractivity contribution is 0.542. The van der Waals surface area contributed by atoms with Crippen LogP contribution in [0.4, 0.5) is 3.89 Å². The molecule has 1 aromatic rings. The molecule has 0 spiro atoms. The number of halogens is 1. The summed E-state index contributed by atoms with van der Waals surface area (Å²) in [4.78, 5) is -0.355. The van der Waals surface area contributed by atoms with Crippen molar-refractivity contribution >= 4 is 26.5 Å². The maximum atomic E-state index is 12.2. The molecular formula is C8H8FNO4S2. The molecule has 0 unspecified atom stereocenters. The SMILES string of the molecule is C=Cc1cccc(S(=O)(=O)NS(=O)(=O)F)c1. The molecule has 0 saturated carbocycles. The quantitative estimate of drug-likeness (QED) is 0.817. The standard InChI is InChI=1S/C8H8FNO4S2/c1-2-7-4-3-5-8(6-7)15(11,12)10-16(9,13)14/h2-6,10H,1H2. The van der Waals surface area contributed by atoms with Gasteiger partial charge in [-0.05, 0) is 17.7 Å². The van der Waals surface area contributed by atoms with Crippen LogP contribution in [-0.4, -0.2) is 16.8 Å². The van der Waals surface area contributed by atoms with Crippen LogP contribution in [0.3, 0.4) is 0 Å². The van der Waals surface area contributed by atoms with E-state index in [0.29, 0.717) is 5.56 Å². The summed E-state index contributed by atoms with van der Waals surface area (Å²) in [5.41, 5.74) is 0.471. The molecule has 1 rings (SSSR count). The minimum absolute atomic E-state index is 0.355. The van der Waals surface area contributed by atoms with E-state index in [0.717, 1.165) is 10.2 Å². The number of hydrogen-bond acceptors (Lipinski definition) is 4. The third kappa shape index (κ3) is 3.40. The summed E-state index contributed by atoms with van der Waals surface area (Å²) in [7, 11) is -9.72. The number of sulfonamides is 1. The van der Waals surface area contributed by atoms with Crippen LogP contribution >= 0.6 is 0 Å². The number of nitrogens with one attached hydrogen (secondary N) is 1. The lowest BCUT2D eigenvalue weighted by Crippen LogP contribution is -2.27. The molecule has 0 saturated heterocycles. The van der Waals surface area contributed by atoms with Gasteiger partial charge in [-0.3, -0.25) is 0 Å². The van der Waals surface area contributed by atoms with Crippen molar-refractivity contribution in [3.05, 3.63) is 36.4 Å². The Balaban J connectivity index is 3.22. The summed E-state index contributed by atoms with van der Waals surface area (Å²) in [5, 5.41) is 0. The molecule has 0 aliphatic rings. The molecule has 88 valence electrons. The molecule has 0 aliphatic carbocycles. The molecule has 0 atom stereocenters. The van der Waals surface area contributed by atoms with Crippen molar-refractivity contribution in [1.29, 1.82) is 0 Å². The first-order chi connectivity index (χ1) is 7.24. The van der Waals surface area contributed by atoms with E-state index >= 15 is 0 Å². The Hall–Kier alpha value is -1.25. The van der Waals surface area contributed by atoms with Gasteiger partial charge in [0, 0.05) is 0 Å². The summed E-state index contributed by atoms with van der Waals surface area (Å²) >= 11 is 0. The average molecular weight is 265 g/mol. The summed E-state index contributed by atoms with van der Waals surface area (Å²) in [6.07, 6.45) is 1.38. The van der Waals surface area contributed by atoms with Gasteiger partial charge >= 0.3 is 10.4 Å². The van der Waals surface area contributed by atoms with Crippen molar-refractivity contribution in [3.8, 4) is 0 Å². The van der Waals surface area contributed by atoms with Gasteiger partial charge in [0.05, 0.1) is 4.90 Å². The highest BCUT2D eigenvalue weighted by Crippen LogP contribution is 2.13. The lowest BCUT2D eigenvalue weighted by atomic mass is 10.2. The van der Waals surface area contributed by atoms with Crippen molar-refractivity contribution in [1.82, 2.24) is 4.13 Å². The Labute approximate surface area is 93.0 Å². The van der Waals surface area contributed by atoms with Crippen LogP contribution in [0.1, 0.15) is 5.56 Å². The second kappa shape index (κ2) is 4.32. The summed E-state index contributed by atoms with van der Waals surface area (Å²) in [6.45, 7) is 3.42. The van der Waals surface area contributed by atoms with Crippen LogP contribution in [0, 0.1) is 0 Å². The van der Waals surface area contributed by atoms with Crippen molar-refractivity contribution in [3.63, 3.8) is 0 Å². The fourth-order valence-electron chi connectivity index (χ4n) is 0.988. The highest BCUT2D eigenvalue weighted by atomic mass is 32.3. The second-order valence-electron chi connectivity index (χ2n) is 2.80. The van der Waals surface area contributed by atoms with Crippen molar-refractivity contribution in [2.75, 3.05) is 0 Å². The van der Waals surface area contributed by atoms with E-state index < -0.39 is 20.4 Å². The summed E-state index contributed by atoms with van der Waals surface area (Å²) in [6, 6.07) is 5.26. The first kappa shape index (κ1) is 12.8. The predicted octanol–water partition coefficient (Wildman–Crippen LogP) is 0.822. The van der Waals surface area contributed by atoms with E-state index in [1.165, 1.54) is 18.2 Å². The van der Waals surface area contributed by atoms with E-state index in [1.54, 1.807) is 6.07 Å². The van der Waals surface area contributed by atoms with Gasteiger partial charge in [-0.2, -0.15) is 8.42 Å². The molecule has 0 heterocycles. The molecule has 0 aromatic heterocycles. The van der Waals surface area contributed by atoms with Gasteiger partial charge in [0.25, 0.3) is 10.0 Å². The van der Waals surface area contributed by atoms with Crippen molar-refractivity contribution in [2.24, 2.45) is 0 Å². The van der Waals surface area contributed by atoms with Crippen LogP contribution in [0.2, 0.25) is 0 Å². The first-order valence-corrected chi connectivity index (χ1v) is 6.82. The van der Waals surface area contributed by atoms with Gasteiger partial charge in [-0.1, -0.05) is 32.8 Å². The fraction of sp³-hybridized carbons (Fsp3) is 0. The van der Waals surface area contributed by atoms with Gasteiger partial charge in [0.15, 0.2) is 0 Å². The Kier molecular flexibility index (Phi) is 3.46. The molecule has 0 aliphatic heterocycles. The van der Waals surface area contributed by atoms with Crippen molar-refractivity contribution < 1.29 is 20.7 Å². The molecular weight excluding hydrogens is 257 g/mol. The van der Waals surface area contributed by atoms with Gasteiger partial charge in [0.1, 0.15) is 0 Å². The monoisotopic (exact) mass is 265 g/mol. The van der Waals surface area contributed by atoms with Gasteiger partial charge in [-0.25, -0.2) is 8.42 Å². The van der Waals surface area contributed by atoms with E-state index in [2.05, 4.69) is 6.58 Å². The molecule has 0 fully saturated rings. The largest absolute Gasteiger partial charge is 0.385 e. The zero-order valence-corrected chi connectivity index (χ0v) is 9.55. The highest BCUT2D eigenvalue weighted by Gasteiger charge is 2.21. The third-order valence-corrected chi connectivity index (χ3v) is 4.16. The maximum Gasteiger partial charge on any atom is 0.385 e. The number of benzene rings is 1. The maximum absolute atomic E-state index is 12.2. The lowest BCUT2D eigenvalue weighted by Gasteiger charge is -2.03. The smallest absolute Gasteiger partial charge is 0.206 e. The Morgan fingerprint density at radius 3 is 2.38 bits per heavy atom. The summed E-state index contributed by atoms with van der Waals surface area (Å²) < 4.78 is 56.2.